The van der Waals surface area contributed by atoms with Crippen molar-refractivity contribution in [2.24, 2.45) is 5.73 Å². The normalized spacial score (nSPS) is 12.8. The van der Waals surface area contributed by atoms with Crippen LogP contribution in [0.3, 0.4) is 0 Å². The molecule has 0 radical (unpaired) electrons. The van der Waals surface area contributed by atoms with E-state index in [9.17, 15) is 14.4 Å². The Morgan fingerprint density at radius 1 is 0.806 bits per heavy atom. The smallest absolute Gasteiger partial charge is 0.407 e. The number of ether oxygens (including phenoxy) is 1. The first-order valence-corrected chi connectivity index (χ1v) is 12.3. The molecule has 7 nitrogen and oxygen atoms in total. The first-order chi connectivity index (χ1) is 17.5. The van der Waals surface area contributed by atoms with Gasteiger partial charge in [0.15, 0.2) is 0 Å². The van der Waals surface area contributed by atoms with Crippen molar-refractivity contribution in [2.75, 3.05) is 6.54 Å². The Hall–Kier alpha value is -4.13. The minimum Gasteiger partial charge on any atom is -0.445 e. The average Bonchev–Trinajstić information content (AvgIpc) is 3.23. The van der Waals surface area contributed by atoms with Crippen LogP contribution in [-0.2, 0) is 20.9 Å². The number of hydrogen-bond acceptors (Lipinski definition) is 4. The van der Waals surface area contributed by atoms with Gasteiger partial charge in [-0.15, -0.1) is 0 Å². The lowest BCUT2D eigenvalue weighted by Gasteiger charge is -2.24. The number of nitrogens with one attached hydrogen (secondary N) is 2. The van der Waals surface area contributed by atoms with E-state index in [0.29, 0.717) is 13.0 Å². The molecule has 0 aliphatic heterocycles. The fraction of sp³-hybridized carbons (Fsp3) is 0.276. The molecule has 4 N–H and O–H groups in total. The van der Waals surface area contributed by atoms with Gasteiger partial charge in [0.25, 0.3) is 0 Å². The Morgan fingerprint density at radius 3 is 2.06 bits per heavy atom. The Bertz CT molecular complexity index is 1170. The molecule has 1 atom stereocenters. The second kappa shape index (κ2) is 12.0. The summed E-state index contributed by atoms with van der Waals surface area (Å²) in [6.07, 6.45) is 1.92. The van der Waals surface area contributed by atoms with Gasteiger partial charge in [-0.3, -0.25) is 9.59 Å². The number of carbonyl (C=O) groups is 3. The quantitative estimate of drug-likeness (QED) is 0.353. The number of hydrogen-bond donors (Lipinski definition) is 3. The molecule has 4 rings (SSSR count). The molecule has 0 spiro atoms. The number of alkyl carbamates (subject to hydrolysis) is 1. The predicted molar refractivity (Wildman–Crippen MR) is 138 cm³/mol. The summed E-state index contributed by atoms with van der Waals surface area (Å²) < 4.78 is 5.18. The summed E-state index contributed by atoms with van der Waals surface area (Å²) in [6.45, 7) is 0.693. The molecule has 36 heavy (non-hydrogen) atoms. The molecular weight excluding hydrogens is 454 g/mol. The minimum absolute atomic E-state index is 0.212. The van der Waals surface area contributed by atoms with Crippen LogP contribution >= 0.6 is 0 Å². The van der Waals surface area contributed by atoms with Crippen LogP contribution < -0.4 is 16.4 Å². The van der Waals surface area contributed by atoms with E-state index in [0.717, 1.165) is 40.7 Å². The highest BCUT2D eigenvalue weighted by atomic mass is 16.5. The van der Waals surface area contributed by atoms with Crippen molar-refractivity contribution < 1.29 is 19.1 Å². The third-order valence-corrected chi connectivity index (χ3v) is 6.40. The summed E-state index contributed by atoms with van der Waals surface area (Å²) in [7, 11) is 0. The number of unbranched alkanes of at least 4 members (excludes halogenated alkanes) is 2. The third-order valence-electron chi connectivity index (χ3n) is 6.40. The summed E-state index contributed by atoms with van der Waals surface area (Å²) in [4.78, 5) is 36.9. The van der Waals surface area contributed by atoms with Crippen LogP contribution in [0.15, 0.2) is 78.9 Å². The van der Waals surface area contributed by atoms with E-state index in [1.807, 2.05) is 78.9 Å². The molecule has 3 amide bonds. The Morgan fingerprint density at radius 2 is 1.42 bits per heavy atom. The van der Waals surface area contributed by atoms with Gasteiger partial charge in [-0.1, -0.05) is 85.3 Å². The van der Waals surface area contributed by atoms with Crippen molar-refractivity contribution in [3.63, 3.8) is 0 Å². The van der Waals surface area contributed by atoms with E-state index in [2.05, 4.69) is 10.6 Å². The molecule has 0 aromatic heterocycles. The van der Waals surface area contributed by atoms with Crippen molar-refractivity contribution in [1.82, 2.24) is 10.6 Å². The fourth-order valence-corrected chi connectivity index (χ4v) is 4.67. The highest BCUT2D eigenvalue weighted by Gasteiger charge is 2.37. The van der Waals surface area contributed by atoms with Gasteiger partial charge >= 0.3 is 6.09 Å². The summed E-state index contributed by atoms with van der Waals surface area (Å²) in [5.41, 5.74) is 10.8. The first-order valence-electron chi connectivity index (χ1n) is 12.3. The van der Waals surface area contributed by atoms with Gasteiger partial charge in [0, 0.05) is 18.9 Å². The SMILES string of the molecule is NC(=O)[C@@H](NC(=O)CCCCCNC(=O)OCc1ccccc1)C1c2ccccc2-c2ccccc21. The topological polar surface area (TPSA) is 111 Å². The summed E-state index contributed by atoms with van der Waals surface area (Å²) in [5, 5.41) is 5.60. The molecule has 186 valence electrons. The van der Waals surface area contributed by atoms with Crippen molar-refractivity contribution in [3.8, 4) is 11.1 Å². The van der Waals surface area contributed by atoms with Crippen LogP contribution in [0.5, 0.6) is 0 Å². The molecule has 0 fully saturated rings. The van der Waals surface area contributed by atoms with E-state index < -0.39 is 18.0 Å². The lowest BCUT2D eigenvalue weighted by Crippen LogP contribution is -2.48. The van der Waals surface area contributed by atoms with Gasteiger partial charge in [-0.05, 0) is 40.7 Å². The standard InChI is InChI=1S/C29H31N3O4/c30-28(34)27(26-23-15-8-6-13-21(23)22-14-7-9-16-24(22)26)32-25(33)17-5-2-10-18-31-29(35)36-19-20-11-3-1-4-12-20/h1,3-4,6-9,11-16,26-27H,2,5,10,17-19H2,(H2,30,34)(H,31,35)(H,32,33)/t27-/m0/s1. The molecule has 0 bridgehead atoms. The molecule has 0 heterocycles. The highest BCUT2D eigenvalue weighted by Crippen LogP contribution is 2.46. The number of amides is 3. The van der Waals surface area contributed by atoms with Crippen LogP contribution in [0.2, 0.25) is 0 Å². The molecule has 3 aromatic carbocycles. The lowest BCUT2D eigenvalue weighted by molar-refractivity contribution is -0.127. The Balaban J connectivity index is 1.22. The largest absolute Gasteiger partial charge is 0.445 e. The zero-order valence-corrected chi connectivity index (χ0v) is 20.1. The number of fused-ring (bicyclic) bond motifs is 3. The highest BCUT2D eigenvalue weighted by molar-refractivity contribution is 5.91. The molecule has 7 heteroatoms. The van der Waals surface area contributed by atoms with Crippen molar-refractivity contribution >= 4 is 17.9 Å². The number of carbonyl (C=O) groups excluding carboxylic acids is 3. The summed E-state index contributed by atoms with van der Waals surface area (Å²) >= 11 is 0. The number of rotatable bonds is 11. The number of benzene rings is 3. The van der Waals surface area contributed by atoms with Crippen LogP contribution in [0.1, 0.15) is 48.3 Å². The van der Waals surface area contributed by atoms with Crippen LogP contribution in [-0.4, -0.2) is 30.5 Å². The van der Waals surface area contributed by atoms with Gasteiger partial charge < -0.3 is 21.1 Å². The Labute approximate surface area is 211 Å². The number of primary amides is 1. The van der Waals surface area contributed by atoms with E-state index >= 15 is 0 Å². The van der Waals surface area contributed by atoms with Gasteiger partial charge in [0.05, 0.1) is 0 Å². The summed E-state index contributed by atoms with van der Waals surface area (Å²) in [5.74, 6) is -1.08. The maximum atomic E-state index is 12.7. The maximum Gasteiger partial charge on any atom is 0.407 e. The van der Waals surface area contributed by atoms with E-state index in [1.54, 1.807) is 0 Å². The zero-order valence-electron chi connectivity index (χ0n) is 20.1. The second-order valence-electron chi connectivity index (χ2n) is 8.90. The van der Waals surface area contributed by atoms with E-state index in [-0.39, 0.29) is 24.9 Å². The maximum absolute atomic E-state index is 12.7. The van der Waals surface area contributed by atoms with Gasteiger partial charge in [-0.25, -0.2) is 4.79 Å². The molecule has 1 aliphatic rings. The molecule has 0 unspecified atom stereocenters. The van der Waals surface area contributed by atoms with Crippen molar-refractivity contribution in [2.45, 2.75) is 44.2 Å². The third kappa shape index (κ3) is 6.10. The van der Waals surface area contributed by atoms with Gasteiger partial charge in [-0.2, -0.15) is 0 Å². The van der Waals surface area contributed by atoms with E-state index in [4.69, 9.17) is 10.5 Å². The molecular formula is C29H31N3O4. The van der Waals surface area contributed by atoms with E-state index in [1.165, 1.54) is 0 Å². The molecule has 3 aromatic rings. The zero-order chi connectivity index (χ0) is 25.3. The van der Waals surface area contributed by atoms with Crippen LogP contribution in [0.4, 0.5) is 4.79 Å². The lowest BCUT2D eigenvalue weighted by atomic mass is 9.88. The van der Waals surface area contributed by atoms with Crippen LogP contribution in [0.25, 0.3) is 11.1 Å². The Kier molecular flexibility index (Phi) is 8.34. The minimum atomic E-state index is -0.830. The fourth-order valence-electron chi connectivity index (χ4n) is 4.67. The molecule has 0 saturated carbocycles. The average molecular weight is 486 g/mol. The van der Waals surface area contributed by atoms with Crippen molar-refractivity contribution in [1.29, 1.82) is 0 Å². The monoisotopic (exact) mass is 485 g/mol. The molecule has 0 saturated heterocycles. The second-order valence-corrected chi connectivity index (χ2v) is 8.90. The van der Waals surface area contributed by atoms with Crippen LogP contribution in [0, 0.1) is 0 Å². The van der Waals surface area contributed by atoms with Gasteiger partial charge in [0.1, 0.15) is 12.6 Å². The first kappa shape index (κ1) is 25.0. The number of nitrogens with two attached hydrogens (primary N) is 1. The van der Waals surface area contributed by atoms with Crippen molar-refractivity contribution in [3.05, 3.63) is 95.6 Å². The predicted octanol–water partition coefficient (Wildman–Crippen LogP) is 4.26. The van der Waals surface area contributed by atoms with Gasteiger partial charge in [0.2, 0.25) is 11.8 Å². The summed E-state index contributed by atoms with van der Waals surface area (Å²) in [6, 6.07) is 24.5. The molecule has 1 aliphatic carbocycles.